The molecule has 1 aliphatic carbocycles. The number of fused-ring (bicyclic) bond motifs is 2. The first-order valence-electron chi connectivity index (χ1n) is 14.3. The van der Waals surface area contributed by atoms with Gasteiger partial charge in [0.15, 0.2) is 0 Å². The van der Waals surface area contributed by atoms with Gasteiger partial charge >= 0.3 is 5.69 Å². The molecule has 1 saturated carbocycles. The number of rotatable bonds is 12. The molecule has 2 fully saturated rings. The van der Waals surface area contributed by atoms with Crippen LogP contribution < -0.4 is 16.7 Å². The van der Waals surface area contributed by atoms with E-state index in [9.17, 15) is 14.7 Å². The Bertz CT molecular complexity index is 1610. The summed E-state index contributed by atoms with van der Waals surface area (Å²) in [5, 5.41) is 11.9. The summed E-state index contributed by atoms with van der Waals surface area (Å²) in [6, 6.07) is 28.4. The molecule has 43 heavy (non-hydrogen) atoms. The number of hydrogen-bond acceptors (Lipinski definition) is 8. The third-order valence-electron chi connectivity index (χ3n) is 8.19. The molecule has 0 radical (unpaired) electrons. The normalized spacial score (nSPS) is 26.1. The highest BCUT2D eigenvalue weighted by Crippen LogP contribution is 2.54. The van der Waals surface area contributed by atoms with Gasteiger partial charge in [0.1, 0.15) is 24.0 Å². The molecule has 2 heterocycles. The van der Waals surface area contributed by atoms with Crippen LogP contribution in [-0.4, -0.2) is 45.1 Å². The van der Waals surface area contributed by atoms with E-state index >= 15 is 0 Å². The van der Waals surface area contributed by atoms with Crippen LogP contribution in [-0.2, 0) is 38.9 Å². The predicted octanol–water partition coefficient (Wildman–Crippen LogP) is 3.00. The molecule has 224 valence electrons. The van der Waals surface area contributed by atoms with E-state index in [-0.39, 0.29) is 19.8 Å². The summed E-state index contributed by atoms with van der Waals surface area (Å²) in [7, 11) is 0. The molecule has 6 atom stereocenters. The zero-order valence-electron chi connectivity index (χ0n) is 23.8. The molecule has 6 rings (SSSR count). The fourth-order valence-electron chi connectivity index (χ4n) is 6.04. The van der Waals surface area contributed by atoms with Crippen LogP contribution in [0.4, 0.5) is 0 Å². The van der Waals surface area contributed by atoms with Gasteiger partial charge in [0.05, 0.1) is 38.4 Å². The summed E-state index contributed by atoms with van der Waals surface area (Å²) < 4.78 is 20.7. The summed E-state index contributed by atoms with van der Waals surface area (Å²) in [6.45, 7) is 2.41. The zero-order valence-corrected chi connectivity index (χ0v) is 23.8. The fraction of sp³-hybridized carbons (Fsp3) is 0.333. The molecule has 0 amide bonds. The number of aromatic amines is 1. The van der Waals surface area contributed by atoms with Gasteiger partial charge < -0.3 is 19.3 Å². The molecule has 1 saturated heterocycles. The lowest BCUT2D eigenvalue weighted by atomic mass is 9.98. The number of ether oxygens (including phenoxy) is 3. The number of aliphatic hydroxyl groups excluding tert-OH is 1. The van der Waals surface area contributed by atoms with Gasteiger partial charge in [-0.05, 0) is 23.6 Å². The number of benzene rings is 3. The Hall–Kier alpha value is -3.90. The quantitative estimate of drug-likeness (QED) is 0.217. The smallest absolute Gasteiger partial charge is 0.330 e. The van der Waals surface area contributed by atoms with Crippen LogP contribution in [0.1, 0.15) is 28.5 Å². The Morgan fingerprint density at radius 3 is 2.09 bits per heavy atom. The van der Waals surface area contributed by atoms with Crippen LogP contribution >= 0.6 is 0 Å². The minimum absolute atomic E-state index is 0.0104. The molecule has 0 spiro atoms. The van der Waals surface area contributed by atoms with Crippen molar-refractivity contribution in [3.05, 3.63) is 140 Å². The Balaban J connectivity index is 1.34. The zero-order chi connectivity index (χ0) is 29.8. The monoisotopic (exact) mass is 585 g/mol. The molecule has 10 heteroatoms. The van der Waals surface area contributed by atoms with Gasteiger partial charge in [-0.25, -0.2) is 4.79 Å². The van der Waals surface area contributed by atoms with Crippen molar-refractivity contribution < 1.29 is 24.2 Å². The Labute approximate surface area is 248 Å². The third-order valence-corrected chi connectivity index (χ3v) is 8.19. The Morgan fingerprint density at radius 2 is 1.47 bits per heavy atom. The van der Waals surface area contributed by atoms with Gasteiger partial charge in [-0.2, -0.15) is 5.48 Å². The predicted molar refractivity (Wildman–Crippen MR) is 158 cm³/mol. The fourth-order valence-corrected chi connectivity index (χ4v) is 6.04. The van der Waals surface area contributed by atoms with Crippen LogP contribution in [0.2, 0.25) is 0 Å². The maximum Gasteiger partial charge on any atom is 0.330 e. The van der Waals surface area contributed by atoms with Crippen molar-refractivity contribution in [2.75, 3.05) is 6.61 Å². The number of aromatic nitrogens is 2. The number of nitrogens with one attached hydrogen (secondary N) is 2. The van der Waals surface area contributed by atoms with E-state index in [0.717, 1.165) is 16.7 Å². The van der Waals surface area contributed by atoms with Crippen molar-refractivity contribution in [1.82, 2.24) is 15.0 Å². The van der Waals surface area contributed by atoms with Crippen LogP contribution in [0.25, 0.3) is 0 Å². The summed E-state index contributed by atoms with van der Waals surface area (Å²) in [4.78, 5) is 33.5. The number of H-pyrrole nitrogens is 1. The Kier molecular flexibility index (Phi) is 8.66. The molecule has 3 N–H and O–H groups in total. The number of nitrogens with zero attached hydrogens (tertiary/aromatic N) is 1. The van der Waals surface area contributed by atoms with Gasteiger partial charge in [-0.1, -0.05) is 91.0 Å². The molecule has 2 aliphatic rings. The molecule has 4 aromatic rings. The largest absolute Gasteiger partial charge is 0.388 e. The van der Waals surface area contributed by atoms with E-state index in [1.807, 2.05) is 91.0 Å². The van der Waals surface area contributed by atoms with Gasteiger partial charge in [-0.15, -0.1) is 0 Å². The lowest BCUT2D eigenvalue weighted by Gasteiger charge is -2.39. The van der Waals surface area contributed by atoms with Gasteiger partial charge in [0.25, 0.3) is 5.56 Å². The molecule has 3 aromatic carbocycles. The first kappa shape index (κ1) is 29.2. The van der Waals surface area contributed by atoms with Gasteiger partial charge in [0.2, 0.25) is 0 Å². The summed E-state index contributed by atoms with van der Waals surface area (Å²) >= 11 is 0. The van der Waals surface area contributed by atoms with Crippen LogP contribution in [0, 0.1) is 12.8 Å². The SMILES string of the molecule is Cc1cn([C@@H]2O[C@@]3(COCc4ccccc4)[C@@H](O)[C@H](NOCc4ccccc4)[C@@H]2[C@@H]3OCc2ccccc2)c(=O)[nH]c1=O. The second kappa shape index (κ2) is 12.8. The van der Waals surface area contributed by atoms with Crippen molar-refractivity contribution in [2.24, 2.45) is 5.92 Å². The van der Waals surface area contributed by atoms with Crippen LogP contribution in [0.5, 0.6) is 0 Å². The Morgan fingerprint density at radius 1 is 0.884 bits per heavy atom. The minimum atomic E-state index is -1.35. The average Bonchev–Trinajstić information content (AvgIpc) is 3.46. The van der Waals surface area contributed by atoms with E-state index < -0.39 is 47.2 Å². The highest BCUT2D eigenvalue weighted by atomic mass is 16.7. The van der Waals surface area contributed by atoms with Crippen molar-refractivity contribution in [3.8, 4) is 0 Å². The van der Waals surface area contributed by atoms with Crippen molar-refractivity contribution in [1.29, 1.82) is 0 Å². The maximum absolute atomic E-state index is 13.1. The van der Waals surface area contributed by atoms with Crippen molar-refractivity contribution in [3.63, 3.8) is 0 Å². The summed E-state index contributed by atoms with van der Waals surface area (Å²) in [6.07, 6.45) is -1.21. The number of hydroxylamine groups is 1. The van der Waals surface area contributed by atoms with Gasteiger partial charge in [0, 0.05) is 11.8 Å². The van der Waals surface area contributed by atoms with E-state index in [1.54, 1.807) is 6.92 Å². The van der Waals surface area contributed by atoms with Crippen LogP contribution in [0.15, 0.2) is 107 Å². The molecule has 1 aromatic heterocycles. The van der Waals surface area contributed by atoms with Crippen molar-refractivity contribution >= 4 is 0 Å². The van der Waals surface area contributed by atoms with E-state index in [4.69, 9.17) is 19.0 Å². The first-order valence-corrected chi connectivity index (χ1v) is 14.3. The molecule has 0 unspecified atom stereocenters. The van der Waals surface area contributed by atoms with Gasteiger partial charge in [-0.3, -0.25) is 19.2 Å². The molecule has 2 bridgehead atoms. The van der Waals surface area contributed by atoms with Crippen molar-refractivity contribution in [2.45, 2.75) is 56.8 Å². The van der Waals surface area contributed by atoms with Crippen LogP contribution in [0.3, 0.4) is 0 Å². The molecular formula is C33H35N3O7. The lowest BCUT2D eigenvalue weighted by Crippen LogP contribution is -2.58. The van der Waals surface area contributed by atoms with E-state index in [0.29, 0.717) is 12.2 Å². The maximum atomic E-state index is 13.1. The number of aryl methyl sites for hydroxylation is 1. The minimum Gasteiger partial charge on any atom is -0.388 e. The molecular weight excluding hydrogens is 550 g/mol. The highest BCUT2D eigenvalue weighted by molar-refractivity contribution is 5.21. The third kappa shape index (κ3) is 5.98. The summed E-state index contributed by atoms with van der Waals surface area (Å²) in [5.41, 5.74) is 3.84. The summed E-state index contributed by atoms with van der Waals surface area (Å²) in [5.74, 6) is -0.585. The molecule has 1 aliphatic heterocycles. The standard InChI is InChI=1S/C33H35N3O7/c1-22-17-36(32(39)34-30(22)38)31-26-27(35-42-20-25-15-9-4-10-16-25)28(37)33(43-31,21-40-18-23-11-5-2-6-12-23)29(26)41-19-24-13-7-3-8-14-24/h2-17,26-29,31,35,37H,18-21H2,1H3,(H,34,38,39)/t26-,27-,28+,29+,31-,33+/m1/s1. The molecule has 10 nitrogen and oxygen atoms in total. The van der Waals surface area contributed by atoms with E-state index in [2.05, 4.69) is 10.5 Å². The van der Waals surface area contributed by atoms with E-state index in [1.165, 1.54) is 10.8 Å². The number of aliphatic hydroxyl groups is 1. The number of hydrogen-bond donors (Lipinski definition) is 3. The second-order valence-corrected chi connectivity index (χ2v) is 11.1. The topological polar surface area (TPSA) is 124 Å². The average molecular weight is 586 g/mol. The lowest BCUT2D eigenvalue weighted by molar-refractivity contribution is -0.221. The first-order chi connectivity index (χ1) is 21.0. The highest BCUT2D eigenvalue weighted by Gasteiger charge is 2.71. The second-order valence-electron chi connectivity index (χ2n) is 11.1.